The quantitative estimate of drug-likeness (QED) is 0.468. The highest BCUT2D eigenvalue weighted by atomic mass is 16.5. The zero-order chi connectivity index (χ0) is 16.6. The Hall–Kier alpha value is -2.55. The number of carbonyl (C=O) groups excluding carboxylic acids is 1. The molecule has 124 valence electrons. The van der Waals surface area contributed by atoms with Crippen molar-refractivity contribution in [3.05, 3.63) is 71.9 Å². The van der Waals surface area contributed by atoms with Crippen molar-refractivity contribution in [1.82, 2.24) is 4.98 Å². The van der Waals surface area contributed by atoms with Gasteiger partial charge in [-0.15, -0.1) is 0 Å². The fourth-order valence-corrected chi connectivity index (χ4v) is 2.91. The Bertz CT molecular complexity index is 777. The Kier molecular flexibility index (Phi) is 5.67. The molecule has 0 fully saturated rings. The molecule has 3 heteroatoms. The van der Waals surface area contributed by atoms with E-state index in [-0.39, 0.29) is 5.97 Å². The molecule has 0 aliphatic carbocycles. The maximum Gasteiger partial charge on any atom is 0.306 e. The van der Waals surface area contributed by atoms with Crippen LogP contribution in [0.3, 0.4) is 0 Å². The third-order valence-electron chi connectivity index (χ3n) is 4.24. The van der Waals surface area contributed by atoms with Gasteiger partial charge >= 0.3 is 5.97 Å². The van der Waals surface area contributed by atoms with Crippen LogP contribution >= 0.6 is 0 Å². The number of aromatic nitrogens is 1. The number of hydrogen-bond acceptors (Lipinski definition) is 2. The van der Waals surface area contributed by atoms with Crippen LogP contribution in [0.25, 0.3) is 10.9 Å². The van der Waals surface area contributed by atoms with Gasteiger partial charge in [-0.2, -0.15) is 0 Å². The summed E-state index contributed by atoms with van der Waals surface area (Å²) in [4.78, 5) is 15.1. The first-order valence-electron chi connectivity index (χ1n) is 8.57. The van der Waals surface area contributed by atoms with Crippen LogP contribution in [-0.2, 0) is 22.6 Å². The van der Waals surface area contributed by atoms with Gasteiger partial charge in [0.15, 0.2) is 0 Å². The van der Waals surface area contributed by atoms with E-state index in [2.05, 4.69) is 29.4 Å². The summed E-state index contributed by atoms with van der Waals surface area (Å²) in [6.07, 6.45) is 6.66. The van der Waals surface area contributed by atoms with E-state index in [1.165, 1.54) is 16.5 Å². The molecule has 0 aliphatic heterocycles. The van der Waals surface area contributed by atoms with Gasteiger partial charge in [0.2, 0.25) is 0 Å². The predicted octanol–water partition coefficient (Wildman–Crippen LogP) is 5.01. The fourth-order valence-electron chi connectivity index (χ4n) is 2.91. The fraction of sp³-hybridized carbons (Fsp3) is 0.286. The van der Waals surface area contributed by atoms with Gasteiger partial charge in [0, 0.05) is 23.5 Å². The molecule has 0 amide bonds. The summed E-state index contributed by atoms with van der Waals surface area (Å²) < 4.78 is 5.29. The van der Waals surface area contributed by atoms with Crippen LogP contribution in [0, 0.1) is 0 Å². The SMILES string of the molecule is O=C(CCCCCc1c[nH]c2ccccc12)OCc1ccccc1. The first kappa shape index (κ1) is 16.3. The molecule has 1 N–H and O–H groups in total. The second-order valence-electron chi connectivity index (χ2n) is 6.07. The minimum absolute atomic E-state index is 0.106. The molecule has 0 unspecified atom stereocenters. The Morgan fingerprint density at radius 3 is 2.58 bits per heavy atom. The van der Waals surface area contributed by atoms with Crippen molar-refractivity contribution in [2.24, 2.45) is 0 Å². The molecule has 0 bridgehead atoms. The summed E-state index contributed by atoms with van der Waals surface area (Å²) in [7, 11) is 0. The first-order valence-corrected chi connectivity index (χ1v) is 8.57. The van der Waals surface area contributed by atoms with Crippen molar-refractivity contribution in [1.29, 1.82) is 0 Å². The maximum absolute atomic E-state index is 11.8. The van der Waals surface area contributed by atoms with Crippen LogP contribution in [0.5, 0.6) is 0 Å². The van der Waals surface area contributed by atoms with Crippen LogP contribution in [0.4, 0.5) is 0 Å². The molecule has 0 radical (unpaired) electrons. The number of H-pyrrole nitrogens is 1. The van der Waals surface area contributed by atoms with E-state index in [4.69, 9.17) is 4.74 Å². The molecule has 0 spiro atoms. The maximum atomic E-state index is 11.8. The number of carbonyl (C=O) groups is 1. The smallest absolute Gasteiger partial charge is 0.306 e. The molecular weight excluding hydrogens is 298 g/mol. The van der Waals surface area contributed by atoms with E-state index < -0.39 is 0 Å². The van der Waals surface area contributed by atoms with Crippen molar-refractivity contribution in [3.63, 3.8) is 0 Å². The molecule has 0 atom stereocenters. The lowest BCUT2D eigenvalue weighted by atomic mass is 10.1. The molecule has 3 rings (SSSR count). The Labute approximate surface area is 142 Å². The van der Waals surface area contributed by atoms with Gasteiger partial charge in [0.1, 0.15) is 6.61 Å². The zero-order valence-electron chi connectivity index (χ0n) is 13.8. The second kappa shape index (κ2) is 8.34. The number of para-hydroxylation sites is 1. The van der Waals surface area contributed by atoms with E-state index in [0.29, 0.717) is 13.0 Å². The van der Waals surface area contributed by atoms with Crippen molar-refractivity contribution in [2.75, 3.05) is 0 Å². The van der Waals surface area contributed by atoms with Gasteiger partial charge in [-0.3, -0.25) is 4.79 Å². The molecule has 0 saturated carbocycles. The lowest BCUT2D eigenvalue weighted by Crippen LogP contribution is -2.04. The molecule has 1 aromatic heterocycles. The minimum atomic E-state index is -0.106. The number of nitrogens with one attached hydrogen (secondary N) is 1. The van der Waals surface area contributed by atoms with Gasteiger partial charge in [0.05, 0.1) is 0 Å². The number of rotatable bonds is 8. The number of hydrogen-bond donors (Lipinski definition) is 1. The third-order valence-corrected chi connectivity index (χ3v) is 4.24. The monoisotopic (exact) mass is 321 g/mol. The number of aromatic amines is 1. The van der Waals surface area contributed by atoms with Gasteiger partial charge in [-0.25, -0.2) is 0 Å². The topological polar surface area (TPSA) is 42.1 Å². The summed E-state index contributed by atoms with van der Waals surface area (Å²) in [5.74, 6) is -0.106. The second-order valence-corrected chi connectivity index (χ2v) is 6.07. The van der Waals surface area contributed by atoms with E-state index >= 15 is 0 Å². The largest absolute Gasteiger partial charge is 0.461 e. The summed E-state index contributed by atoms with van der Waals surface area (Å²) in [6.45, 7) is 0.370. The first-order chi connectivity index (χ1) is 11.8. The molecule has 2 aromatic carbocycles. The molecule has 24 heavy (non-hydrogen) atoms. The van der Waals surface area contributed by atoms with Crippen molar-refractivity contribution in [2.45, 2.75) is 38.7 Å². The normalized spacial score (nSPS) is 10.8. The molecule has 3 nitrogen and oxygen atoms in total. The number of ether oxygens (including phenoxy) is 1. The van der Waals surface area contributed by atoms with Crippen LogP contribution in [0.1, 0.15) is 36.8 Å². The zero-order valence-corrected chi connectivity index (χ0v) is 13.8. The van der Waals surface area contributed by atoms with E-state index in [1.54, 1.807) is 0 Å². The molecular formula is C21H23NO2. The third kappa shape index (κ3) is 4.48. The number of fused-ring (bicyclic) bond motifs is 1. The van der Waals surface area contributed by atoms with Crippen molar-refractivity contribution in [3.8, 4) is 0 Å². The summed E-state index contributed by atoms with van der Waals surface area (Å²) in [5, 5.41) is 1.31. The van der Waals surface area contributed by atoms with E-state index in [9.17, 15) is 4.79 Å². The highest BCUT2D eigenvalue weighted by Crippen LogP contribution is 2.20. The lowest BCUT2D eigenvalue weighted by molar-refractivity contribution is -0.145. The Balaban J connectivity index is 1.33. The standard InChI is InChI=1S/C21H23NO2/c23-21(24-16-17-9-3-1-4-10-17)14-6-2-5-11-18-15-22-20-13-8-7-12-19(18)20/h1,3-4,7-10,12-13,15,22H,2,5-6,11,14,16H2. The predicted molar refractivity (Wildman–Crippen MR) is 96.7 cm³/mol. The van der Waals surface area contributed by atoms with Crippen molar-refractivity contribution >= 4 is 16.9 Å². The van der Waals surface area contributed by atoms with Gasteiger partial charge in [0.25, 0.3) is 0 Å². The highest BCUT2D eigenvalue weighted by molar-refractivity contribution is 5.83. The van der Waals surface area contributed by atoms with Crippen LogP contribution in [0.15, 0.2) is 60.8 Å². The minimum Gasteiger partial charge on any atom is -0.461 e. The highest BCUT2D eigenvalue weighted by Gasteiger charge is 2.05. The summed E-state index contributed by atoms with van der Waals surface area (Å²) in [5.41, 5.74) is 3.58. The van der Waals surface area contributed by atoms with Gasteiger partial charge in [-0.05, 0) is 36.5 Å². The summed E-state index contributed by atoms with van der Waals surface area (Å²) in [6, 6.07) is 18.2. The number of aryl methyl sites for hydroxylation is 1. The average molecular weight is 321 g/mol. The van der Waals surface area contributed by atoms with E-state index in [1.807, 2.05) is 36.4 Å². The molecule has 0 aliphatic rings. The molecule has 3 aromatic rings. The van der Waals surface area contributed by atoms with Crippen molar-refractivity contribution < 1.29 is 9.53 Å². The van der Waals surface area contributed by atoms with Crippen LogP contribution in [-0.4, -0.2) is 11.0 Å². The van der Waals surface area contributed by atoms with Crippen LogP contribution < -0.4 is 0 Å². The molecule has 1 heterocycles. The summed E-state index contributed by atoms with van der Waals surface area (Å²) >= 11 is 0. The van der Waals surface area contributed by atoms with E-state index in [0.717, 1.165) is 31.2 Å². The Morgan fingerprint density at radius 1 is 0.917 bits per heavy atom. The number of benzene rings is 2. The van der Waals surface area contributed by atoms with Gasteiger partial charge < -0.3 is 9.72 Å². The number of unbranched alkanes of at least 4 members (excludes halogenated alkanes) is 2. The lowest BCUT2D eigenvalue weighted by Gasteiger charge is -2.05. The number of esters is 1. The molecule has 0 saturated heterocycles. The van der Waals surface area contributed by atoms with Gasteiger partial charge in [-0.1, -0.05) is 55.0 Å². The Morgan fingerprint density at radius 2 is 1.71 bits per heavy atom. The average Bonchev–Trinajstić information content (AvgIpc) is 3.04. The van der Waals surface area contributed by atoms with Crippen LogP contribution in [0.2, 0.25) is 0 Å².